The van der Waals surface area contributed by atoms with E-state index in [0.29, 0.717) is 5.91 Å². The smallest absolute Gasteiger partial charge is 0.231 e. The molecule has 0 aliphatic carbocycles. The van der Waals surface area contributed by atoms with E-state index < -0.39 is 0 Å². The summed E-state index contributed by atoms with van der Waals surface area (Å²) in [5, 5.41) is 0. The number of nitrogens with zero attached hydrogens (tertiary/aromatic N) is 1. The number of carbonyl (C=O) groups is 1. The van der Waals surface area contributed by atoms with E-state index in [0.717, 1.165) is 19.5 Å². The summed E-state index contributed by atoms with van der Waals surface area (Å²) in [6.45, 7) is 4.05. The second kappa shape index (κ2) is 5.58. The van der Waals surface area contributed by atoms with Gasteiger partial charge in [-0.2, -0.15) is 0 Å². The van der Waals surface area contributed by atoms with Crippen molar-refractivity contribution >= 4 is 33.6 Å². The third kappa shape index (κ3) is 2.65. The van der Waals surface area contributed by atoms with Gasteiger partial charge in [-0.15, -0.1) is 11.8 Å². The summed E-state index contributed by atoms with van der Waals surface area (Å²) in [5.74, 6) is 0.371. The average molecular weight is 304 g/mol. The minimum atomic E-state index is 0.0537. The first kappa shape index (κ1) is 12.5. The highest BCUT2D eigenvalue weighted by Crippen LogP contribution is 2.42. The fraction of sp³-hybridized carbons (Fsp3) is 0.750. The van der Waals surface area contributed by atoms with Gasteiger partial charge in [-0.25, -0.2) is 0 Å². The predicted octanol–water partition coefficient (Wildman–Crippen LogP) is 3.38. The standard InChI is InChI=1S/C12H18BrNOS/c1-2-9-8-10(11(13)16-9)12(15)14-6-4-3-5-7-14/h8,10-11H,2-7H2,1H3. The van der Waals surface area contributed by atoms with Crippen molar-refractivity contribution in [1.82, 2.24) is 4.90 Å². The fourth-order valence-corrected chi connectivity index (χ4v) is 4.36. The van der Waals surface area contributed by atoms with Gasteiger partial charge in [0.1, 0.15) is 0 Å². The van der Waals surface area contributed by atoms with Crippen molar-refractivity contribution in [2.24, 2.45) is 5.92 Å². The average Bonchev–Trinajstić information content (AvgIpc) is 2.71. The second-order valence-electron chi connectivity index (χ2n) is 4.37. The molecule has 2 aliphatic heterocycles. The largest absolute Gasteiger partial charge is 0.342 e. The molecule has 2 nitrogen and oxygen atoms in total. The van der Waals surface area contributed by atoms with Crippen molar-refractivity contribution in [3.63, 3.8) is 0 Å². The SMILES string of the molecule is CCC1=CC(C(=O)N2CCCCC2)C(Br)S1. The molecule has 1 amide bonds. The quantitative estimate of drug-likeness (QED) is 0.729. The zero-order valence-corrected chi connectivity index (χ0v) is 12.0. The molecule has 2 atom stereocenters. The van der Waals surface area contributed by atoms with Gasteiger partial charge in [0, 0.05) is 13.1 Å². The Morgan fingerprint density at radius 1 is 1.50 bits per heavy atom. The zero-order valence-electron chi connectivity index (χ0n) is 9.62. The summed E-state index contributed by atoms with van der Waals surface area (Å²) in [4.78, 5) is 15.7. The van der Waals surface area contributed by atoms with Crippen LogP contribution < -0.4 is 0 Å². The van der Waals surface area contributed by atoms with Gasteiger partial charge in [0.15, 0.2) is 0 Å². The van der Waals surface area contributed by atoms with Gasteiger partial charge in [-0.3, -0.25) is 4.79 Å². The molecule has 2 heterocycles. The summed E-state index contributed by atoms with van der Waals surface area (Å²) in [6, 6.07) is 0. The Morgan fingerprint density at radius 2 is 2.19 bits per heavy atom. The van der Waals surface area contributed by atoms with E-state index in [1.54, 1.807) is 11.8 Å². The van der Waals surface area contributed by atoms with Crippen LogP contribution in [0.4, 0.5) is 0 Å². The topological polar surface area (TPSA) is 20.3 Å². The molecule has 0 N–H and O–H groups in total. The number of halogens is 1. The van der Waals surface area contributed by atoms with Gasteiger partial charge >= 0.3 is 0 Å². The van der Waals surface area contributed by atoms with E-state index in [-0.39, 0.29) is 10.1 Å². The molecular formula is C12H18BrNOS. The number of allylic oxidation sites excluding steroid dienone is 1. The molecule has 4 heteroatoms. The van der Waals surface area contributed by atoms with Gasteiger partial charge in [0.25, 0.3) is 0 Å². The number of carbonyl (C=O) groups excluding carboxylic acids is 1. The number of piperidine rings is 1. The minimum absolute atomic E-state index is 0.0537. The predicted molar refractivity (Wildman–Crippen MR) is 72.6 cm³/mol. The molecule has 2 unspecified atom stereocenters. The van der Waals surface area contributed by atoms with Crippen LogP contribution in [0.5, 0.6) is 0 Å². The van der Waals surface area contributed by atoms with Gasteiger partial charge in [0.05, 0.1) is 10.1 Å². The lowest BCUT2D eigenvalue weighted by Crippen LogP contribution is -2.40. The Kier molecular flexibility index (Phi) is 4.36. The van der Waals surface area contributed by atoms with Crippen LogP contribution in [0.2, 0.25) is 0 Å². The third-order valence-corrected chi connectivity index (χ3v) is 5.59. The van der Waals surface area contributed by atoms with Crippen LogP contribution >= 0.6 is 27.7 Å². The lowest BCUT2D eigenvalue weighted by atomic mass is 10.1. The Hall–Kier alpha value is 0.0400. The maximum atomic E-state index is 12.3. The van der Waals surface area contributed by atoms with E-state index in [1.807, 2.05) is 4.90 Å². The van der Waals surface area contributed by atoms with Crippen molar-refractivity contribution in [3.8, 4) is 0 Å². The maximum Gasteiger partial charge on any atom is 0.231 e. The molecular weight excluding hydrogens is 286 g/mol. The Labute approximate surface area is 110 Å². The maximum absolute atomic E-state index is 12.3. The summed E-state index contributed by atoms with van der Waals surface area (Å²) in [5.41, 5.74) is 0. The normalized spacial score (nSPS) is 30.4. The van der Waals surface area contributed by atoms with E-state index in [2.05, 4.69) is 28.9 Å². The first-order chi connectivity index (χ1) is 7.72. The van der Waals surface area contributed by atoms with E-state index in [1.165, 1.54) is 24.2 Å². The number of hydrogen-bond acceptors (Lipinski definition) is 2. The molecule has 2 rings (SSSR count). The Balaban J connectivity index is 2.00. The summed E-state index contributed by atoms with van der Waals surface area (Å²) < 4.78 is 0.247. The monoisotopic (exact) mass is 303 g/mol. The van der Waals surface area contributed by atoms with E-state index in [4.69, 9.17) is 0 Å². The van der Waals surface area contributed by atoms with Gasteiger partial charge in [-0.05, 0) is 30.6 Å². The lowest BCUT2D eigenvalue weighted by molar-refractivity contribution is -0.134. The summed E-state index contributed by atoms with van der Waals surface area (Å²) >= 11 is 5.41. The highest BCUT2D eigenvalue weighted by molar-refractivity contribution is 9.11. The highest BCUT2D eigenvalue weighted by atomic mass is 79.9. The van der Waals surface area contributed by atoms with Crippen molar-refractivity contribution in [2.45, 2.75) is 36.8 Å². The summed E-state index contributed by atoms with van der Waals surface area (Å²) in [7, 11) is 0. The molecule has 1 saturated heterocycles. The minimum Gasteiger partial charge on any atom is -0.342 e. The molecule has 0 spiro atoms. The number of rotatable bonds is 2. The van der Waals surface area contributed by atoms with Crippen molar-refractivity contribution < 1.29 is 4.79 Å². The molecule has 1 fully saturated rings. The van der Waals surface area contributed by atoms with Crippen LogP contribution in [0.3, 0.4) is 0 Å². The van der Waals surface area contributed by atoms with Crippen molar-refractivity contribution in [1.29, 1.82) is 0 Å². The molecule has 90 valence electrons. The van der Waals surface area contributed by atoms with Crippen LogP contribution in [0.25, 0.3) is 0 Å². The third-order valence-electron chi connectivity index (χ3n) is 3.21. The number of thioether (sulfide) groups is 1. The second-order valence-corrected chi connectivity index (χ2v) is 7.23. The first-order valence-corrected chi connectivity index (χ1v) is 7.82. The van der Waals surface area contributed by atoms with Gasteiger partial charge < -0.3 is 4.90 Å². The van der Waals surface area contributed by atoms with E-state index >= 15 is 0 Å². The molecule has 0 saturated carbocycles. The zero-order chi connectivity index (χ0) is 11.5. The number of likely N-dealkylation sites (tertiary alicyclic amines) is 1. The van der Waals surface area contributed by atoms with Crippen LogP contribution in [-0.4, -0.2) is 28.1 Å². The van der Waals surface area contributed by atoms with Crippen molar-refractivity contribution in [3.05, 3.63) is 11.0 Å². The molecule has 0 radical (unpaired) electrons. The highest BCUT2D eigenvalue weighted by Gasteiger charge is 2.34. The van der Waals surface area contributed by atoms with Crippen LogP contribution in [0.1, 0.15) is 32.6 Å². The fourth-order valence-electron chi connectivity index (χ4n) is 2.24. The molecule has 16 heavy (non-hydrogen) atoms. The van der Waals surface area contributed by atoms with E-state index in [9.17, 15) is 4.79 Å². The molecule has 0 aromatic rings. The van der Waals surface area contributed by atoms with Crippen LogP contribution in [0.15, 0.2) is 11.0 Å². The molecule has 0 aromatic carbocycles. The Bertz CT molecular complexity index is 299. The molecule has 0 aromatic heterocycles. The van der Waals surface area contributed by atoms with Crippen molar-refractivity contribution in [2.75, 3.05) is 13.1 Å². The molecule has 0 bridgehead atoms. The lowest BCUT2D eigenvalue weighted by Gasteiger charge is -2.29. The van der Waals surface area contributed by atoms with Gasteiger partial charge in [-0.1, -0.05) is 28.9 Å². The Morgan fingerprint density at radius 3 is 2.75 bits per heavy atom. The van der Waals surface area contributed by atoms with Gasteiger partial charge in [0.2, 0.25) is 5.91 Å². The van der Waals surface area contributed by atoms with Crippen LogP contribution in [-0.2, 0) is 4.79 Å². The van der Waals surface area contributed by atoms with Crippen LogP contribution in [0, 0.1) is 5.92 Å². The number of alkyl halides is 1. The first-order valence-electron chi connectivity index (χ1n) is 6.02. The number of hydrogen-bond donors (Lipinski definition) is 0. The number of amides is 1. The summed E-state index contributed by atoms with van der Waals surface area (Å²) in [6.07, 6.45) is 6.81. The molecule has 2 aliphatic rings.